The maximum atomic E-state index is 12.9. The van der Waals surface area contributed by atoms with Crippen LogP contribution in [0.1, 0.15) is 18.1 Å². The second-order valence-corrected chi connectivity index (χ2v) is 5.42. The van der Waals surface area contributed by atoms with Gasteiger partial charge in [-0.05, 0) is 35.4 Å². The topological polar surface area (TPSA) is 57.5 Å². The van der Waals surface area contributed by atoms with E-state index in [1.54, 1.807) is 0 Å². The lowest BCUT2D eigenvalue weighted by molar-refractivity contribution is -0.155. The van der Waals surface area contributed by atoms with Gasteiger partial charge in [0.15, 0.2) is 0 Å². The molecule has 0 saturated heterocycles. The monoisotopic (exact) mass is 372 g/mol. The predicted molar refractivity (Wildman–Crippen MR) is 82.9 cm³/mol. The van der Waals surface area contributed by atoms with Gasteiger partial charge in [-0.3, -0.25) is 0 Å². The van der Waals surface area contributed by atoms with Gasteiger partial charge in [0.1, 0.15) is 11.6 Å². The number of hydrogen-bond donors (Lipinski definition) is 2. The van der Waals surface area contributed by atoms with Crippen LogP contribution in [0.2, 0.25) is 0 Å². The van der Waals surface area contributed by atoms with Crippen molar-refractivity contribution in [2.24, 2.45) is 0 Å². The number of rotatable bonds is 3. The number of carboxylic acids is 1. The highest BCUT2D eigenvalue weighted by Gasteiger charge is 2.40. The van der Waals surface area contributed by atoms with Crippen LogP contribution in [0.4, 0.5) is 8.78 Å². The maximum absolute atomic E-state index is 12.9. The Bertz CT molecular complexity index is 567. The van der Waals surface area contributed by atoms with E-state index in [4.69, 9.17) is 0 Å². The van der Waals surface area contributed by atoms with Crippen LogP contribution in [0.3, 0.4) is 0 Å². The second-order valence-electron chi connectivity index (χ2n) is 4.30. The number of aliphatic carboxylic acids is 1. The van der Waals surface area contributed by atoms with Crippen molar-refractivity contribution in [1.82, 2.24) is 0 Å². The third kappa shape index (κ3) is 4.11. The van der Waals surface area contributed by atoms with Gasteiger partial charge in [0, 0.05) is 5.33 Å². The van der Waals surface area contributed by atoms with Crippen LogP contribution in [0, 0.1) is 11.6 Å². The van der Waals surface area contributed by atoms with Crippen molar-refractivity contribution in [3.8, 4) is 0 Å². The molecule has 6 heteroatoms. The molecule has 0 radical (unpaired) electrons. The van der Waals surface area contributed by atoms with E-state index in [0.717, 1.165) is 29.6 Å². The highest BCUT2D eigenvalue weighted by molar-refractivity contribution is 9.09. The van der Waals surface area contributed by atoms with Gasteiger partial charge in [-0.25, -0.2) is 13.6 Å². The predicted octanol–water partition coefficient (Wildman–Crippen LogP) is 3.69. The molecule has 0 amide bonds. The Labute approximate surface area is 135 Å². The molecule has 0 aliphatic rings. The molecule has 0 bridgehead atoms. The van der Waals surface area contributed by atoms with Crippen molar-refractivity contribution in [2.45, 2.75) is 12.5 Å². The molecule has 2 aromatic carbocycles. The van der Waals surface area contributed by atoms with E-state index in [1.807, 2.05) is 6.92 Å². The zero-order valence-corrected chi connectivity index (χ0v) is 13.3. The van der Waals surface area contributed by atoms with Gasteiger partial charge in [0.2, 0.25) is 5.60 Å². The van der Waals surface area contributed by atoms with E-state index in [1.165, 1.54) is 24.3 Å². The molecular formula is C16H15BrF2O3. The third-order valence-corrected chi connectivity index (χ3v) is 2.83. The largest absolute Gasteiger partial charge is 0.479 e. The maximum Gasteiger partial charge on any atom is 0.345 e. The molecule has 0 fully saturated rings. The molecule has 0 heterocycles. The summed E-state index contributed by atoms with van der Waals surface area (Å²) in [6.07, 6.45) is 0. The number of hydrogen-bond acceptors (Lipinski definition) is 2. The summed E-state index contributed by atoms with van der Waals surface area (Å²) >= 11 is 3.15. The number of alkyl halides is 1. The first-order valence-corrected chi connectivity index (χ1v) is 7.52. The SMILES string of the molecule is CCBr.O=C(O)C(O)(c1ccc(F)cc1)c1ccc(F)cc1. The Hall–Kier alpha value is -1.79. The Morgan fingerprint density at radius 3 is 1.50 bits per heavy atom. The van der Waals surface area contributed by atoms with Crippen LogP contribution in [-0.4, -0.2) is 21.5 Å². The molecule has 2 rings (SSSR count). The van der Waals surface area contributed by atoms with Crippen molar-refractivity contribution in [1.29, 1.82) is 0 Å². The molecule has 0 unspecified atom stereocenters. The summed E-state index contributed by atoms with van der Waals surface area (Å²) in [5.74, 6) is -2.61. The molecule has 2 aromatic rings. The molecule has 0 spiro atoms. The lowest BCUT2D eigenvalue weighted by atomic mass is 9.86. The Balaban J connectivity index is 0.000000745. The first-order valence-electron chi connectivity index (χ1n) is 6.40. The van der Waals surface area contributed by atoms with E-state index >= 15 is 0 Å². The molecule has 0 aliphatic heterocycles. The zero-order valence-electron chi connectivity index (χ0n) is 11.8. The third-order valence-electron chi connectivity index (χ3n) is 2.83. The van der Waals surface area contributed by atoms with E-state index in [9.17, 15) is 23.8 Å². The molecular weight excluding hydrogens is 358 g/mol. The van der Waals surface area contributed by atoms with Crippen LogP contribution in [0.5, 0.6) is 0 Å². The number of aliphatic hydroxyl groups is 1. The van der Waals surface area contributed by atoms with Gasteiger partial charge in [-0.2, -0.15) is 0 Å². The molecule has 0 aromatic heterocycles. The van der Waals surface area contributed by atoms with Gasteiger partial charge in [-0.15, -0.1) is 0 Å². The van der Waals surface area contributed by atoms with Crippen molar-refractivity contribution < 1.29 is 23.8 Å². The van der Waals surface area contributed by atoms with Crippen molar-refractivity contribution in [2.75, 3.05) is 5.33 Å². The number of carbonyl (C=O) groups is 1. The summed E-state index contributed by atoms with van der Waals surface area (Å²) in [5.41, 5.74) is -2.36. The van der Waals surface area contributed by atoms with Gasteiger partial charge < -0.3 is 10.2 Å². The lowest BCUT2D eigenvalue weighted by Crippen LogP contribution is -2.36. The summed E-state index contributed by atoms with van der Waals surface area (Å²) in [6, 6.07) is 8.89. The van der Waals surface area contributed by atoms with Crippen molar-refractivity contribution in [3.63, 3.8) is 0 Å². The summed E-state index contributed by atoms with van der Waals surface area (Å²) < 4.78 is 25.7. The summed E-state index contributed by atoms with van der Waals surface area (Å²) in [5, 5.41) is 20.7. The number of benzene rings is 2. The fourth-order valence-corrected chi connectivity index (χ4v) is 1.80. The Morgan fingerprint density at radius 2 is 1.27 bits per heavy atom. The quantitative estimate of drug-likeness (QED) is 0.807. The minimum Gasteiger partial charge on any atom is -0.479 e. The molecule has 118 valence electrons. The average molecular weight is 373 g/mol. The highest BCUT2D eigenvalue weighted by Crippen LogP contribution is 2.30. The van der Waals surface area contributed by atoms with Crippen LogP contribution in [0.15, 0.2) is 48.5 Å². The summed E-state index contributed by atoms with van der Waals surface area (Å²) in [7, 11) is 0. The lowest BCUT2D eigenvalue weighted by Gasteiger charge is -2.24. The van der Waals surface area contributed by atoms with E-state index in [-0.39, 0.29) is 11.1 Å². The standard InChI is InChI=1S/C14H10F2O3.C2H5Br/c15-11-5-1-9(2-6-11)14(19,13(17)18)10-3-7-12(16)8-4-10;1-2-3/h1-8,19H,(H,17,18);2H2,1H3. The van der Waals surface area contributed by atoms with Gasteiger partial charge >= 0.3 is 5.97 Å². The van der Waals surface area contributed by atoms with Crippen LogP contribution in [-0.2, 0) is 10.4 Å². The minimum atomic E-state index is -2.35. The molecule has 0 aliphatic carbocycles. The first kappa shape index (κ1) is 18.3. The normalized spacial score (nSPS) is 10.6. The second kappa shape index (κ2) is 8.00. The zero-order chi connectivity index (χ0) is 16.8. The Kier molecular flexibility index (Phi) is 6.64. The molecule has 22 heavy (non-hydrogen) atoms. The fraction of sp³-hybridized carbons (Fsp3) is 0.188. The highest BCUT2D eigenvalue weighted by atomic mass is 79.9. The average Bonchev–Trinajstić information content (AvgIpc) is 2.48. The van der Waals surface area contributed by atoms with Crippen LogP contribution in [0.25, 0.3) is 0 Å². The minimum absolute atomic E-state index is 0.00647. The van der Waals surface area contributed by atoms with Crippen molar-refractivity contribution >= 4 is 21.9 Å². The molecule has 2 N–H and O–H groups in total. The van der Waals surface area contributed by atoms with E-state index in [2.05, 4.69) is 15.9 Å². The van der Waals surface area contributed by atoms with Crippen LogP contribution < -0.4 is 0 Å². The van der Waals surface area contributed by atoms with Gasteiger partial charge in [0.05, 0.1) is 0 Å². The fourth-order valence-electron chi connectivity index (χ4n) is 1.80. The number of halogens is 3. The number of carboxylic acid groups (broad SMARTS) is 1. The van der Waals surface area contributed by atoms with Gasteiger partial charge in [-0.1, -0.05) is 47.1 Å². The van der Waals surface area contributed by atoms with Crippen LogP contribution >= 0.6 is 15.9 Å². The summed E-state index contributed by atoms with van der Waals surface area (Å²) in [6.45, 7) is 2.04. The summed E-state index contributed by atoms with van der Waals surface area (Å²) in [4.78, 5) is 11.4. The first-order chi connectivity index (χ1) is 10.4. The molecule has 3 nitrogen and oxygen atoms in total. The Morgan fingerprint density at radius 1 is 1.00 bits per heavy atom. The van der Waals surface area contributed by atoms with E-state index in [0.29, 0.717) is 0 Å². The molecule has 0 saturated carbocycles. The van der Waals surface area contributed by atoms with E-state index < -0.39 is 23.2 Å². The smallest absolute Gasteiger partial charge is 0.345 e. The molecule has 0 atom stereocenters. The van der Waals surface area contributed by atoms with Crippen molar-refractivity contribution in [3.05, 3.63) is 71.3 Å². The van der Waals surface area contributed by atoms with Gasteiger partial charge in [0.25, 0.3) is 0 Å².